The second-order valence-electron chi connectivity index (χ2n) is 6.98. The number of nitrogens with two attached hydrogens (primary N) is 1. The van der Waals surface area contributed by atoms with Crippen LogP contribution in [-0.4, -0.2) is 30.4 Å². The van der Waals surface area contributed by atoms with Crippen LogP contribution < -0.4 is 11.1 Å². The highest BCUT2D eigenvalue weighted by Crippen LogP contribution is 2.36. The van der Waals surface area contributed by atoms with Crippen molar-refractivity contribution >= 4 is 17.3 Å². The first-order valence-corrected chi connectivity index (χ1v) is 7.71. The molecular formula is C17H27N3O. The van der Waals surface area contributed by atoms with Crippen LogP contribution in [0, 0.1) is 5.41 Å². The van der Waals surface area contributed by atoms with Gasteiger partial charge in [0.1, 0.15) is 0 Å². The number of amides is 1. The van der Waals surface area contributed by atoms with Crippen LogP contribution in [0.15, 0.2) is 24.3 Å². The molecule has 116 valence electrons. The van der Waals surface area contributed by atoms with Gasteiger partial charge in [-0.3, -0.25) is 9.69 Å². The Kier molecular flexibility index (Phi) is 4.88. The van der Waals surface area contributed by atoms with Gasteiger partial charge in [0, 0.05) is 17.4 Å². The Balaban J connectivity index is 1.81. The fourth-order valence-corrected chi connectivity index (χ4v) is 2.95. The lowest BCUT2D eigenvalue weighted by atomic mass is 9.75. The van der Waals surface area contributed by atoms with Gasteiger partial charge < -0.3 is 11.1 Å². The van der Waals surface area contributed by atoms with Crippen molar-refractivity contribution < 1.29 is 4.79 Å². The van der Waals surface area contributed by atoms with Crippen molar-refractivity contribution in [3.8, 4) is 0 Å². The highest BCUT2D eigenvalue weighted by molar-refractivity contribution is 5.92. The lowest BCUT2D eigenvalue weighted by molar-refractivity contribution is -0.117. The van der Waals surface area contributed by atoms with E-state index in [9.17, 15) is 4.79 Å². The summed E-state index contributed by atoms with van der Waals surface area (Å²) < 4.78 is 0. The highest BCUT2D eigenvalue weighted by Gasteiger charge is 2.29. The topological polar surface area (TPSA) is 58.4 Å². The van der Waals surface area contributed by atoms with Crippen LogP contribution in [0.4, 0.5) is 11.4 Å². The predicted molar refractivity (Wildman–Crippen MR) is 88.2 cm³/mol. The Morgan fingerprint density at radius 2 is 1.86 bits per heavy atom. The lowest BCUT2D eigenvalue weighted by Gasteiger charge is -2.38. The van der Waals surface area contributed by atoms with E-state index < -0.39 is 0 Å². The van der Waals surface area contributed by atoms with Crippen molar-refractivity contribution in [3.05, 3.63) is 24.3 Å². The Morgan fingerprint density at radius 3 is 2.43 bits per heavy atom. The van der Waals surface area contributed by atoms with Gasteiger partial charge >= 0.3 is 0 Å². The summed E-state index contributed by atoms with van der Waals surface area (Å²) in [7, 11) is 2.05. The van der Waals surface area contributed by atoms with Gasteiger partial charge in [0.05, 0.1) is 6.54 Å². The first-order chi connectivity index (χ1) is 9.85. The van der Waals surface area contributed by atoms with E-state index in [0.29, 0.717) is 23.7 Å². The van der Waals surface area contributed by atoms with Crippen molar-refractivity contribution in [1.29, 1.82) is 0 Å². The van der Waals surface area contributed by atoms with Crippen LogP contribution in [-0.2, 0) is 4.79 Å². The zero-order chi connectivity index (χ0) is 15.5. The first kappa shape index (κ1) is 15.8. The Morgan fingerprint density at radius 1 is 1.29 bits per heavy atom. The molecule has 1 aliphatic rings. The molecule has 1 aromatic carbocycles. The number of nitrogens with one attached hydrogen (secondary N) is 1. The van der Waals surface area contributed by atoms with Crippen molar-refractivity contribution in [2.45, 2.75) is 45.6 Å². The van der Waals surface area contributed by atoms with Crippen LogP contribution >= 0.6 is 0 Å². The third-order valence-corrected chi connectivity index (χ3v) is 4.52. The van der Waals surface area contributed by atoms with Gasteiger partial charge in [0.25, 0.3) is 0 Å². The predicted octanol–water partition coefficient (Wildman–Crippen LogP) is 3.11. The molecule has 0 spiro atoms. The Bertz CT molecular complexity index is 471. The standard InChI is InChI=1S/C17H27N3O/c1-17(2)10-8-15(9-11-17)20(3)12-16(21)19-14-6-4-13(18)5-7-14/h4-7,15H,8-12,18H2,1-3H3,(H,19,21). The summed E-state index contributed by atoms with van der Waals surface area (Å²) in [6, 6.07) is 7.77. The van der Waals surface area contributed by atoms with Gasteiger partial charge in [-0.15, -0.1) is 0 Å². The molecule has 1 saturated carbocycles. The largest absolute Gasteiger partial charge is 0.399 e. The maximum atomic E-state index is 12.1. The lowest BCUT2D eigenvalue weighted by Crippen LogP contribution is -2.41. The second kappa shape index (κ2) is 6.48. The fraction of sp³-hybridized carbons (Fsp3) is 0.588. The average molecular weight is 289 g/mol. The zero-order valence-electron chi connectivity index (χ0n) is 13.4. The normalized spacial score (nSPS) is 18.7. The van der Waals surface area contributed by atoms with E-state index in [0.717, 1.165) is 5.69 Å². The number of hydrogen-bond acceptors (Lipinski definition) is 3. The minimum Gasteiger partial charge on any atom is -0.399 e. The van der Waals surface area contributed by atoms with E-state index in [2.05, 4.69) is 24.1 Å². The van der Waals surface area contributed by atoms with E-state index in [1.165, 1.54) is 25.7 Å². The molecule has 0 heterocycles. The molecule has 1 fully saturated rings. The van der Waals surface area contributed by atoms with Crippen LogP contribution in [0.5, 0.6) is 0 Å². The summed E-state index contributed by atoms with van der Waals surface area (Å²) in [5.41, 5.74) is 7.60. The van der Waals surface area contributed by atoms with Gasteiger partial charge in [0.2, 0.25) is 5.91 Å². The number of rotatable bonds is 4. The molecule has 1 aliphatic carbocycles. The van der Waals surface area contributed by atoms with E-state index >= 15 is 0 Å². The van der Waals surface area contributed by atoms with E-state index in [4.69, 9.17) is 5.73 Å². The third-order valence-electron chi connectivity index (χ3n) is 4.52. The van der Waals surface area contributed by atoms with Crippen LogP contribution in [0.25, 0.3) is 0 Å². The smallest absolute Gasteiger partial charge is 0.238 e. The number of carbonyl (C=O) groups is 1. The molecular weight excluding hydrogens is 262 g/mol. The number of anilines is 2. The van der Waals surface area contributed by atoms with E-state index in [-0.39, 0.29) is 5.91 Å². The summed E-state index contributed by atoms with van der Waals surface area (Å²) in [6.45, 7) is 5.10. The summed E-state index contributed by atoms with van der Waals surface area (Å²) in [5.74, 6) is 0.0344. The second-order valence-corrected chi connectivity index (χ2v) is 6.98. The van der Waals surface area contributed by atoms with Crippen LogP contribution in [0.2, 0.25) is 0 Å². The maximum Gasteiger partial charge on any atom is 0.238 e. The molecule has 0 saturated heterocycles. The van der Waals surface area contributed by atoms with Crippen LogP contribution in [0.3, 0.4) is 0 Å². The number of carbonyl (C=O) groups excluding carboxylic acids is 1. The molecule has 2 rings (SSSR count). The van der Waals surface area contributed by atoms with E-state index in [1.54, 1.807) is 12.1 Å². The zero-order valence-corrected chi connectivity index (χ0v) is 13.4. The van der Waals surface area contributed by atoms with Crippen molar-refractivity contribution in [1.82, 2.24) is 4.90 Å². The molecule has 0 aromatic heterocycles. The third kappa shape index (κ3) is 4.74. The summed E-state index contributed by atoms with van der Waals surface area (Å²) in [6.07, 6.45) is 4.83. The highest BCUT2D eigenvalue weighted by atomic mass is 16.2. The van der Waals surface area contributed by atoms with Gasteiger partial charge in [-0.1, -0.05) is 13.8 Å². The maximum absolute atomic E-state index is 12.1. The van der Waals surface area contributed by atoms with Gasteiger partial charge in [-0.2, -0.15) is 0 Å². The average Bonchev–Trinajstić information content (AvgIpc) is 2.41. The molecule has 1 aromatic rings. The first-order valence-electron chi connectivity index (χ1n) is 7.71. The summed E-state index contributed by atoms with van der Waals surface area (Å²) in [5, 5.41) is 2.92. The van der Waals surface area contributed by atoms with Crippen molar-refractivity contribution in [3.63, 3.8) is 0 Å². The number of likely N-dealkylation sites (N-methyl/N-ethyl adjacent to an activating group) is 1. The van der Waals surface area contributed by atoms with Crippen molar-refractivity contribution in [2.75, 3.05) is 24.6 Å². The molecule has 21 heavy (non-hydrogen) atoms. The SMILES string of the molecule is CN(CC(=O)Nc1ccc(N)cc1)C1CCC(C)(C)CC1. The molecule has 3 N–H and O–H groups in total. The van der Waals surface area contributed by atoms with Gasteiger partial charge in [-0.05, 0) is 62.4 Å². The molecule has 0 aliphatic heterocycles. The molecule has 1 amide bonds. The van der Waals surface area contributed by atoms with Crippen LogP contribution in [0.1, 0.15) is 39.5 Å². The summed E-state index contributed by atoms with van der Waals surface area (Å²) in [4.78, 5) is 14.3. The minimum atomic E-state index is 0.0344. The molecule has 0 unspecified atom stereocenters. The van der Waals surface area contributed by atoms with Gasteiger partial charge in [-0.25, -0.2) is 0 Å². The number of nitrogens with zero attached hydrogens (tertiary/aromatic N) is 1. The van der Waals surface area contributed by atoms with Crippen molar-refractivity contribution in [2.24, 2.45) is 5.41 Å². The monoisotopic (exact) mass is 289 g/mol. The number of nitrogen functional groups attached to an aromatic ring is 1. The molecule has 0 atom stereocenters. The van der Waals surface area contributed by atoms with E-state index in [1.807, 2.05) is 19.2 Å². The Hall–Kier alpha value is -1.55. The molecule has 0 radical (unpaired) electrons. The summed E-state index contributed by atoms with van der Waals surface area (Å²) >= 11 is 0. The minimum absolute atomic E-state index is 0.0344. The fourth-order valence-electron chi connectivity index (χ4n) is 2.95. The molecule has 4 nitrogen and oxygen atoms in total. The number of benzene rings is 1. The molecule has 0 bridgehead atoms. The Labute approximate surface area is 127 Å². The van der Waals surface area contributed by atoms with Gasteiger partial charge in [0.15, 0.2) is 0 Å². The number of hydrogen-bond donors (Lipinski definition) is 2. The molecule has 4 heteroatoms. The quantitative estimate of drug-likeness (QED) is 0.837.